The number of carboxylic acids is 1. The summed E-state index contributed by atoms with van der Waals surface area (Å²) < 4.78 is 0. The second-order valence-electron chi connectivity index (χ2n) is 5.80. The number of piperidine rings is 1. The molecule has 1 amide bonds. The van der Waals surface area contributed by atoms with Crippen molar-refractivity contribution >= 4 is 35.2 Å². The van der Waals surface area contributed by atoms with E-state index in [-0.39, 0.29) is 11.6 Å². The molecule has 5 nitrogen and oxygen atoms in total. The number of hydrogen-bond acceptors (Lipinski definition) is 4. The topological polar surface area (TPSA) is 70.5 Å². The molecule has 0 aliphatic carbocycles. The Labute approximate surface area is 155 Å². The van der Waals surface area contributed by atoms with Crippen LogP contribution in [0.5, 0.6) is 0 Å². The van der Waals surface area contributed by atoms with Gasteiger partial charge in [-0.1, -0.05) is 11.6 Å². The van der Waals surface area contributed by atoms with E-state index in [1.807, 2.05) is 24.3 Å². The summed E-state index contributed by atoms with van der Waals surface area (Å²) in [6, 6.07) is 10.7. The van der Waals surface area contributed by atoms with Crippen LogP contribution in [0.3, 0.4) is 0 Å². The van der Waals surface area contributed by atoms with Gasteiger partial charge in [0.1, 0.15) is 5.69 Å². The van der Waals surface area contributed by atoms with Crippen molar-refractivity contribution in [2.45, 2.75) is 23.0 Å². The average molecular weight is 377 g/mol. The van der Waals surface area contributed by atoms with Gasteiger partial charge in [0.05, 0.1) is 0 Å². The molecule has 2 heterocycles. The molecule has 2 aromatic rings. The van der Waals surface area contributed by atoms with Gasteiger partial charge in [0.25, 0.3) is 5.91 Å². The zero-order valence-electron chi connectivity index (χ0n) is 13.4. The van der Waals surface area contributed by atoms with Crippen molar-refractivity contribution in [1.82, 2.24) is 9.88 Å². The summed E-state index contributed by atoms with van der Waals surface area (Å²) in [5.74, 6) is -1.27. The minimum atomic E-state index is -1.13. The van der Waals surface area contributed by atoms with Gasteiger partial charge in [-0.05, 0) is 49.2 Å². The van der Waals surface area contributed by atoms with Gasteiger partial charge in [-0.2, -0.15) is 0 Å². The number of amides is 1. The summed E-state index contributed by atoms with van der Waals surface area (Å²) in [5.41, 5.74) is 0.259. The molecule has 0 radical (unpaired) electrons. The van der Waals surface area contributed by atoms with Gasteiger partial charge in [0, 0.05) is 40.0 Å². The Morgan fingerprint density at radius 3 is 2.48 bits per heavy atom. The molecule has 1 saturated heterocycles. The summed E-state index contributed by atoms with van der Waals surface area (Å²) in [7, 11) is 0. The number of nitrogens with zero attached hydrogens (tertiary/aromatic N) is 2. The van der Waals surface area contributed by atoms with Gasteiger partial charge in [0.15, 0.2) is 0 Å². The van der Waals surface area contributed by atoms with Crippen LogP contribution in [-0.4, -0.2) is 45.2 Å². The van der Waals surface area contributed by atoms with Gasteiger partial charge in [-0.3, -0.25) is 4.79 Å². The summed E-state index contributed by atoms with van der Waals surface area (Å²) in [6.45, 7) is 1.32. The van der Waals surface area contributed by atoms with E-state index in [0.29, 0.717) is 23.9 Å². The molecule has 1 aliphatic rings. The highest BCUT2D eigenvalue weighted by Crippen LogP contribution is 2.31. The molecule has 130 valence electrons. The van der Waals surface area contributed by atoms with E-state index < -0.39 is 5.97 Å². The van der Waals surface area contributed by atoms with Crippen LogP contribution in [-0.2, 0) is 0 Å². The van der Waals surface area contributed by atoms with Crippen molar-refractivity contribution < 1.29 is 14.7 Å². The number of carbonyl (C=O) groups is 2. The summed E-state index contributed by atoms with van der Waals surface area (Å²) in [6.07, 6.45) is 3.16. The smallest absolute Gasteiger partial charge is 0.354 e. The third-order valence-corrected chi connectivity index (χ3v) is 5.67. The van der Waals surface area contributed by atoms with Crippen LogP contribution in [0.1, 0.15) is 33.7 Å². The number of rotatable bonds is 4. The summed E-state index contributed by atoms with van der Waals surface area (Å²) >= 11 is 7.71. The van der Waals surface area contributed by atoms with Crippen molar-refractivity contribution in [2.24, 2.45) is 0 Å². The van der Waals surface area contributed by atoms with Gasteiger partial charge in [-0.25, -0.2) is 9.78 Å². The predicted molar refractivity (Wildman–Crippen MR) is 97.4 cm³/mol. The van der Waals surface area contributed by atoms with E-state index in [0.717, 1.165) is 17.9 Å². The van der Waals surface area contributed by atoms with Crippen LogP contribution in [0.4, 0.5) is 0 Å². The Bertz CT molecular complexity index is 774. The molecular weight excluding hydrogens is 360 g/mol. The number of likely N-dealkylation sites (tertiary alicyclic amines) is 1. The lowest BCUT2D eigenvalue weighted by Gasteiger charge is -2.31. The highest BCUT2D eigenvalue weighted by molar-refractivity contribution is 8.00. The van der Waals surface area contributed by atoms with E-state index in [1.54, 1.807) is 22.7 Å². The van der Waals surface area contributed by atoms with E-state index in [9.17, 15) is 9.59 Å². The van der Waals surface area contributed by atoms with Gasteiger partial charge in [-0.15, -0.1) is 11.8 Å². The second-order valence-corrected chi connectivity index (χ2v) is 7.61. The number of thioether (sulfide) groups is 1. The largest absolute Gasteiger partial charge is 0.477 e. The molecular formula is C18H17ClN2O3S. The molecule has 7 heteroatoms. The van der Waals surface area contributed by atoms with Gasteiger partial charge >= 0.3 is 5.97 Å². The van der Waals surface area contributed by atoms with Crippen LogP contribution in [0.25, 0.3) is 0 Å². The number of hydrogen-bond donors (Lipinski definition) is 1. The van der Waals surface area contributed by atoms with Crippen LogP contribution >= 0.6 is 23.4 Å². The molecule has 1 aliphatic heterocycles. The quantitative estimate of drug-likeness (QED) is 0.878. The van der Waals surface area contributed by atoms with Crippen LogP contribution in [0.15, 0.2) is 47.5 Å². The highest BCUT2D eigenvalue weighted by Gasteiger charge is 2.24. The monoisotopic (exact) mass is 376 g/mol. The van der Waals surface area contributed by atoms with Crippen molar-refractivity contribution in [2.75, 3.05) is 13.1 Å². The molecule has 0 bridgehead atoms. The fraction of sp³-hybridized carbons (Fsp3) is 0.278. The maximum atomic E-state index is 12.6. The Morgan fingerprint density at radius 2 is 1.84 bits per heavy atom. The van der Waals surface area contributed by atoms with E-state index in [2.05, 4.69) is 4.98 Å². The molecule has 25 heavy (non-hydrogen) atoms. The molecule has 0 atom stereocenters. The Balaban J connectivity index is 1.58. The number of benzene rings is 1. The van der Waals surface area contributed by atoms with E-state index >= 15 is 0 Å². The van der Waals surface area contributed by atoms with E-state index in [4.69, 9.17) is 16.7 Å². The first-order valence-corrected chi connectivity index (χ1v) is 9.19. The third-order valence-electron chi connectivity index (χ3n) is 4.07. The molecule has 1 N–H and O–H groups in total. The zero-order chi connectivity index (χ0) is 17.8. The summed E-state index contributed by atoms with van der Waals surface area (Å²) in [5, 5.41) is 10.2. The SMILES string of the molecule is O=C(O)c1cc(C(=O)N2CCC(Sc3ccc(Cl)cc3)CC2)ccn1. The molecule has 0 unspecified atom stereocenters. The molecule has 3 rings (SSSR count). The van der Waals surface area contributed by atoms with E-state index in [1.165, 1.54) is 17.2 Å². The number of pyridine rings is 1. The lowest BCUT2D eigenvalue weighted by atomic mass is 10.1. The molecule has 0 spiro atoms. The standard InChI is InChI=1S/C18H17ClN2O3S/c19-13-1-3-14(4-2-13)25-15-6-9-21(10-7-15)17(22)12-5-8-20-16(11-12)18(23)24/h1-5,8,11,15H,6-7,9-10H2,(H,23,24). The molecule has 1 aromatic carbocycles. The Morgan fingerprint density at radius 1 is 1.16 bits per heavy atom. The minimum Gasteiger partial charge on any atom is -0.477 e. The fourth-order valence-corrected chi connectivity index (χ4v) is 4.00. The lowest BCUT2D eigenvalue weighted by molar-refractivity contribution is 0.0690. The maximum absolute atomic E-state index is 12.6. The predicted octanol–water partition coefficient (Wildman–Crippen LogP) is 3.83. The summed E-state index contributed by atoms with van der Waals surface area (Å²) in [4.78, 5) is 30.3. The van der Waals surface area contributed by atoms with Crippen molar-refractivity contribution in [1.29, 1.82) is 0 Å². The number of halogens is 1. The van der Waals surface area contributed by atoms with Crippen LogP contribution in [0.2, 0.25) is 5.02 Å². The first-order chi connectivity index (χ1) is 12.0. The van der Waals surface area contributed by atoms with Gasteiger partial charge < -0.3 is 10.0 Å². The molecule has 1 aromatic heterocycles. The normalized spacial score (nSPS) is 15.2. The Kier molecular flexibility index (Phi) is 5.60. The average Bonchev–Trinajstić information content (AvgIpc) is 2.64. The van der Waals surface area contributed by atoms with Crippen LogP contribution in [0, 0.1) is 0 Å². The third kappa shape index (κ3) is 4.52. The fourth-order valence-electron chi connectivity index (χ4n) is 2.75. The Hall–Kier alpha value is -2.05. The highest BCUT2D eigenvalue weighted by atomic mass is 35.5. The zero-order valence-corrected chi connectivity index (χ0v) is 15.0. The minimum absolute atomic E-state index is 0.112. The molecule has 0 saturated carbocycles. The number of carbonyl (C=O) groups excluding carboxylic acids is 1. The van der Waals surface area contributed by atoms with Gasteiger partial charge in [0.2, 0.25) is 0 Å². The first kappa shape index (κ1) is 17.8. The van der Waals surface area contributed by atoms with Crippen molar-refractivity contribution in [3.63, 3.8) is 0 Å². The lowest BCUT2D eigenvalue weighted by Crippen LogP contribution is -2.39. The number of aromatic carboxylic acids is 1. The maximum Gasteiger partial charge on any atom is 0.354 e. The number of aromatic nitrogens is 1. The van der Waals surface area contributed by atoms with Crippen molar-refractivity contribution in [3.8, 4) is 0 Å². The second kappa shape index (κ2) is 7.89. The van der Waals surface area contributed by atoms with Crippen molar-refractivity contribution in [3.05, 3.63) is 58.9 Å². The van der Waals surface area contributed by atoms with Crippen LogP contribution < -0.4 is 0 Å². The molecule has 1 fully saturated rings. The first-order valence-electron chi connectivity index (χ1n) is 7.94. The number of carboxylic acid groups (broad SMARTS) is 1.